The summed E-state index contributed by atoms with van der Waals surface area (Å²) in [6.07, 6.45) is 0.363. The number of ether oxygens (including phenoxy) is 1. The number of carboxylic acid groups (broad SMARTS) is 1. The Morgan fingerprint density at radius 2 is 2.17 bits per heavy atom. The number of carbonyl (C=O) groups excluding carboxylic acids is 1. The molecule has 1 aromatic carbocycles. The van der Waals surface area contributed by atoms with Crippen LogP contribution in [-0.2, 0) is 4.79 Å². The number of benzene rings is 1. The van der Waals surface area contributed by atoms with Gasteiger partial charge in [-0.25, -0.2) is 4.79 Å². The lowest BCUT2D eigenvalue weighted by Crippen LogP contribution is -2.23. The van der Waals surface area contributed by atoms with E-state index >= 15 is 0 Å². The van der Waals surface area contributed by atoms with Crippen LogP contribution in [0.15, 0.2) is 18.2 Å². The van der Waals surface area contributed by atoms with Crippen LogP contribution in [0.5, 0.6) is 5.75 Å². The van der Waals surface area contributed by atoms with E-state index in [2.05, 4.69) is 5.32 Å². The Bertz CT molecular complexity index is 571. The highest BCUT2D eigenvalue weighted by Gasteiger charge is 2.19. The Morgan fingerprint density at radius 3 is 2.78 bits per heavy atom. The predicted molar refractivity (Wildman–Crippen MR) is 96.0 cm³/mol. The van der Waals surface area contributed by atoms with E-state index in [-0.39, 0.29) is 17.6 Å². The summed E-state index contributed by atoms with van der Waals surface area (Å²) < 4.78 is 5.65. The third-order valence-electron chi connectivity index (χ3n) is 3.16. The smallest absolute Gasteiger partial charge is 0.335 e. The molecule has 1 atom stereocenters. The number of carbonyl (C=O) groups is 2. The minimum atomic E-state index is -1.03. The largest absolute Gasteiger partial charge is 0.489 e. The molecule has 1 amide bonds. The lowest BCUT2D eigenvalue weighted by atomic mass is 10.1. The number of aromatic carboxylic acids is 1. The van der Waals surface area contributed by atoms with Crippen LogP contribution in [0.4, 0.5) is 5.69 Å². The molecule has 1 heterocycles. The van der Waals surface area contributed by atoms with Crippen molar-refractivity contribution in [1.82, 2.24) is 0 Å². The van der Waals surface area contributed by atoms with Crippen LogP contribution >= 0.6 is 23.5 Å². The Morgan fingerprint density at radius 1 is 1.39 bits per heavy atom. The lowest BCUT2D eigenvalue weighted by Gasteiger charge is -2.21. The summed E-state index contributed by atoms with van der Waals surface area (Å²) in [6.45, 7) is 3.76. The molecule has 1 unspecified atom stereocenters. The van der Waals surface area contributed by atoms with Gasteiger partial charge in [-0.05, 0) is 32.0 Å². The average molecular weight is 355 g/mol. The summed E-state index contributed by atoms with van der Waals surface area (Å²) in [5.74, 6) is 2.53. The number of hydrogen-bond acceptors (Lipinski definition) is 5. The highest BCUT2D eigenvalue weighted by molar-refractivity contribution is 8.06. The second-order valence-corrected chi connectivity index (χ2v) is 8.06. The number of hydrogen-bond donors (Lipinski definition) is 2. The predicted octanol–water partition coefficient (Wildman–Crippen LogP) is 3.35. The van der Waals surface area contributed by atoms with E-state index < -0.39 is 5.97 Å². The van der Waals surface area contributed by atoms with Gasteiger partial charge in [0, 0.05) is 28.9 Å². The van der Waals surface area contributed by atoms with Crippen molar-refractivity contribution in [2.75, 3.05) is 22.6 Å². The molecular weight excluding hydrogens is 334 g/mol. The van der Waals surface area contributed by atoms with Crippen LogP contribution in [0.1, 0.15) is 30.6 Å². The van der Waals surface area contributed by atoms with E-state index in [4.69, 9.17) is 9.84 Å². The third kappa shape index (κ3) is 5.66. The van der Waals surface area contributed by atoms with E-state index in [1.54, 1.807) is 6.07 Å². The summed E-state index contributed by atoms with van der Waals surface area (Å²) in [5, 5.41) is 12.2. The number of carboxylic acids is 1. The van der Waals surface area contributed by atoms with Crippen LogP contribution < -0.4 is 10.1 Å². The molecule has 0 bridgehead atoms. The van der Waals surface area contributed by atoms with Crippen molar-refractivity contribution >= 4 is 41.1 Å². The van der Waals surface area contributed by atoms with E-state index in [1.165, 1.54) is 12.1 Å². The Balaban J connectivity index is 2.09. The maximum Gasteiger partial charge on any atom is 0.335 e. The van der Waals surface area contributed by atoms with Crippen molar-refractivity contribution in [2.24, 2.45) is 0 Å². The molecule has 0 aliphatic carbocycles. The molecule has 1 aliphatic heterocycles. The number of thioether (sulfide) groups is 2. The molecular formula is C16H21NO4S2. The van der Waals surface area contributed by atoms with Gasteiger partial charge >= 0.3 is 5.97 Å². The first-order valence-electron chi connectivity index (χ1n) is 7.49. The summed E-state index contributed by atoms with van der Waals surface area (Å²) in [5.41, 5.74) is 0.538. The molecule has 0 aromatic heterocycles. The first-order chi connectivity index (χ1) is 11.0. The van der Waals surface area contributed by atoms with Crippen LogP contribution in [0, 0.1) is 0 Å². The van der Waals surface area contributed by atoms with Gasteiger partial charge in [-0.15, -0.1) is 0 Å². The number of amides is 1. The summed E-state index contributed by atoms with van der Waals surface area (Å²) in [7, 11) is 0. The van der Waals surface area contributed by atoms with Crippen LogP contribution in [0.3, 0.4) is 0 Å². The minimum Gasteiger partial charge on any atom is -0.489 e. The van der Waals surface area contributed by atoms with Crippen LogP contribution in [0.2, 0.25) is 0 Å². The molecule has 2 rings (SSSR count). The first-order valence-corrected chi connectivity index (χ1v) is 9.69. The topological polar surface area (TPSA) is 75.6 Å². The van der Waals surface area contributed by atoms with Crippen molar-refractivity contribution in [1.29, 1.82) is 0 Å². The summed E-state index contributed by atoms with van der Waals surface area (Å²) >= 11 is 3.68. The van der Waals surface area contributed by atoms with E-state index in [0.717, 1.165) is 17.3 Å². The Labute approximate surface area is 144 Å². The maximum absolute atomic E-state index is 12.3. The first kappa shape index (κ1) is 18.0. The van der Waals surface area contributed by atoms with Crippen molar-refractivity contribution in [2.45, 2.75) is 31.6 Å². The molecule has 1 aromatic rings. The zero-order valence-corrected chi connectivity index (χ0v) is 14.8. The van der Waals surface area contributed by atoms with Crippen LogP contribution in [0.25, 0.3) is 0 Å². The highest BCUT2D eigenvalue weighted by Crippen LogP contribution is 2.29. The minimum absolute atomic E-state index is 0.0633. The zero-order valence-electron chi connectivity index (χ0n) is 13.2. The monoisotopic (exact) mass is 355 g/mol. The van der Waals surface area contributed by atoms with E-state index in [0.29, 0.717) is 23.1 Å². The van der Waals surface area contributed by atoms with Gasteiger partial charge in [-0.3, -0.25) is 4.79 Å². The molecule has 1 fully saturated rings. The molecule has 0 saturated carbocycles. The number of anilines is 1. The summed E-state index contributed by atoms with van der Waals surface area (Å²) in [4.78, 5) is 23.4. The molecule has 23 heavy (non-hydrogen) atoms. The van der Waals surface area contributed by atoms with Gasteiger partial charge < -0.3 is 15.2 Å². The number of nitrogens with one attached hydrogen (secondary N) is 1. The molecule has 5 nitrogen and oxygen atoms in total. The normalized spacial score (nSPS) is 17.8. The lowest BCUT2D eigenvalue weighted by molar-refractivity contribution is -0.116. The van der Waals surface area contributed by atoms with E-state index in [1.807, 2.05) is 37.4 Å². The molecule has 2 N–H and O–H groups in total. The van der Waals surface area contributed by atoms with Gasteiger partial charge in [0.2, 0.25) is 5.91 Å². The third-order valence-corrected chi connectivity index (χ3v) is 6.01. The van der Waals surface area contributed by atoms with Crippen molar-refractivity contribution in [3.05, 3.63) is 23.8 Å². The average Bonchev–Trinajstić information content (AvgIpc) is 2.49. The standard InChI is InChI=1S/C16H21NO4S2/c1-10(2)21-14-4-3-11(16(19)20)7-13(14)17-15(18)8-12-9-22-5-6-23-12/h3-4,7,10,12H,5-6,8-9H2,1-2H3,(H,17,18)(H,19,20). The van der Waals surface area contributed by atoms with Crippen molar-refractivity contribution in [3.63, 3.8) is 0 Å². The molecule has 0 spiro atoms. The maximum atomic E-state index is 12.3. The van der Waals surface area contributed by atoms with Gasteiger partial charge in [0.1, 0.15) is 5.75 Å². The quantitative estimate of drug-likeness (QED) is 0.815. The Kier molecular flexibility index (Phi) is 6.65. The summed E-state index contributed by atoms with van der Waals surface area (Å²) in [6, 6.07) is 4.51. The molecule has 126 valence electrons. The van der Waals surface area contributed by atoms with Crippen molar-refractivity contribution < 1.29 is 19.4 Å². The van der Waals surface area contributed by atoms with Gasteiger partial charge in [0.15, 0.2) is 0 Å². The second-order valence-electron chi connectivity index (χ2n) is 5.50. The van der Waals surface area contributed by atoms with Gasteiger partial charge in [-0.2, -0.15) is 23.5 Å². The fourth-order valence-electron chi connectivity index (χ4n) is 2.18. The van der Waals surface area contributed by atoms with Gasteiger partial charge in [-0.1, -0.05) is 0 Å². The fraction of sp³-hybridized carbons (Fsp3) is 0.500. The molecule has 0 radical (unpaired) electrons. The SMILES string of the molecule is CC(C)Oc1ccc(C(=O)O)cc1NC(=O)CC1CSCCS1. The second kappa shape index (κ2) is 8.49. The van der Waals surface area contributed by atoms with Crippen molar-refractivity contribution in [3.8, 4) is 5.75 Å². The molecule has 1 aliphatic rings. The molecule has 7 heteroatoms. The van der Waals surface area contributed by atoms with E-state index in [9.17, 15) is 9.59 Å². The fourth-order valence-corrected chi connectivity index (χ4v) is 4.86. The highest BCUT2D eigenvalue weighted by atomic mass is 32.2. The number of rotatable bonds is 6. The van der Waals surface area contributed by atoms with Gasteiger partial charge in [0.05, 0.1) is 17.4 Å². The Hall–Kier alpha value is -1.34. The van der Waals surface area contributed by atoms with Gasteiger partial charge in [0.25, 0.3) is 0 Å². The van der Waals surface area contributed by atoms with Crippen LogP contribution in [-0.4, -0.2) is 45.6 Å². The molecule has 1 saturated heterocycles. The zero-order chi connectivity index (χ0) is 16.8.